The van der Waals surface area contributed by atoms with Crippen molar-refractivity contribution in [2.75, 3.05) is 0 Å². The summed E-state index contributed by atoms with van der Waals surface area (Å²) in [6.45, 7) is 4.03. The number of hydrogen-bond donors (Lipinski definition) is 1. The number of aliphatic carboxylic acids is 1. The third kappa shape index (κ3) is 4.71. The van der Waals surface area contributed by atoms with Gasteiger partial charge in [0, 0.05) is 18.4 Å². The van der Waals surface area contributed by atoms with Crippen LogP contribution in [0.4, 0.5) is 4.39 Å². The van der Waals surface area contributed by atoms with Crippen LogP contribution in [0.5, 0.6) is 5.88 Å². The van der Waals surface area contributed by atoms with Crippen LogP contribution in [-0.4, -0.2) is 21.0 Å². The van der Waals surface area contributed by atoms with Crippen LogP contribution in [-0.2, 0) is 4.79 Å². The summed E-state index contributed by atoms with van der Waals surface area (Å²) in [6, 6.07) is 6.03. The zero-order chi connectivity index (χ0) is 20.1. The average Bonchev–Trinajstić information content (AvgIpc) is 2.66. The first-order valence-electron chi connectivity index (χ1n) is 8.96. The van der Waals surface area contributed by atoms with E-state index in [0.29, 0.717) is 22.7 Å². The van der Waals surface area contributed by atoms with Crippen LogP contribution in [0.15, 0.2) is 66.0 Å². The summed E-state index contributed by atoms with van der Waals surface area (Å²) < 4.78 is 19.8. The molecule has 1 N–H and O–H groups in total. The van der Waals surface area contributed by atoms with Crippen LogP contribution in [0.25, 0.3) is 11.3 Å². The summed E-state index contributed by atoms with van der Waals surface area (Å²) in [6.07, 6.45) is 8.10. The number of rotatable bonds is 6. The van der Waals surface area contributed by atoms with E-state index in [1.807, 2.05) is 32.0 Å². The van der Waals surface area contributed by atoms with Crippen LogP contribution in [0, 0.1) is 13.8 Å². The van der Waals surface area contributed by atoms with E-state index in [4.69, 9.17) is 9.84 Å². The summed E-state index contributed by atoms with van der Waals surface area (Å²) in [7, 11) is 0. The predicted octanol–water partition coefficient (Wildman–Crippen LogP) is 5.07. The molecule has 3 rings (SSSR count). The second kappa shape index (κ2) is 8.61. The molecule has 0 unspecified atom stereocenters. The van der Waals surface area contributed by atoms with Gasteiger partial charge in [-0.05, 0) is 42.5 Å². The quantitative estimate of drug-likeness (QED) is 0.708. The van der Waals surface area contributed by atoms with Gasteiger partial charge in [0.05, 0.1) is 24.3 Å². The molecule has 5 nitrogen and oxygen atoms in total. The Morgan fingerprint density at radius 1 is 1.25 bits per heavy atom. The van der Waals surface area contributed by atoms with Crippen LogP contribution >= 0.6 is 0 Å². The van der Waals surface area contributed by atoms with Crippen molar-refractivity contribution in [3.05, 3.63) is 77.1 Å². The number of carbonyl (C=O) groups is 1. The zero-order valence-electron chi connectivity index (χ0n) is 15.8. The Morgan fingerprint density at radius 2 is 2.00 bits per heavy atom. The number of benzene rings is 1. The first-order chi connectivity index (χ1) is 13.4. The molecule has 1 aromatic carbocycles. The van der Waals surface area contributed by atoms with Crippen molar-refractivity contribution >= 4 is 5.97 Å². The maximum atomic E-state index is 14.2. The Labute approximate surface area is 162 Å². The molecule has 2 aromatic rings. The lowest BCUT2D eigenvalue weighted by Crippen LogP contribution is -2.00. The summed E-state index contributed by atoms with van der Waals surface area (Å²) in [5, 5.41) is 8.72. The molecule has 1 aliphatic rings. The van der Waals surface area contributed by atoms with Crippen molar-refractivity contribution in [1.82, 2.24) is 9.97 Å². The van der Waals surface area contributed by atoms with Crippen LogP contribution in [0.1, 0.15) is 30.4 Å². The third-order valence-electron chi connectivity index (χ3n) is 4.50. The van der Waals surface area contributed by atoms with Gasteiger partial charge in [0.1, 0.15) is 5.83 Å². The van der Waals surface area contributed by atoms with Gasteiger partial charge in [-0.25, -0.2) is 9.37 Å². The number of aryl methyl sites for hydroxylation is 2. The molecule has 0 amide bonds. The lowest BCUT2D eigenvalue weighted by molar-refractivity contribution is -0.136. The molecule has 0 bridgehead atoms. The molecule has 28 heavy (non-hydrogen) atoms. The van der Waals surface area contributed by atoms with E-state index in [1.54, 1.807) is 18.3 Å². The maximum absolute atomic E-state index is 14.2. The maximum Gasteiger partial charge on any atom is 0.303 e. The van der Waals surface area contributed by atoms with Crippen molar-refractivity contribution in [1.29, 1.82) is 0 Å². The third-order valence-corrected chi connectivity index (χ3v) is 4.50. The van der Waals surface area contributed by atoms with Gasteiger partial charge < -0.3 is 9.84 Å². The van der Waals surface area contributed by atoms with Crippen molar-refractivity contribution in [3.8, 4) is 17.1 Å². The highest BCUT2D eigenvalue weighted by molar-refractivity contribution is 5.67. The van der Waals surface area contributed by atoms with Gasteiger partial charge in [-0.3, -0.25) is 9.78 Å². The molecule has 0 saturated heterocycles. The van der Waals surface area contributed by atoms with Crippen LogP contribution in [0.3, 0.4) is 0 Å². The highest BCUT2D eigenvalue weighted by atomic mass is 19.1. The molecule has 144 valence electrons. The number of ether oxygens (including phenoxy) is 1. The Kier molecular flexibility index (Phi) is 5.99. The second-order valence-corrected chi connectivity index (χ2v) is 6.65. The first-order valence-corrected chi connectivity index (χ1v) is 8.96. The molecule has 1 aromatic heterocycles. The molecule has 6 heteroatoms. The molecular formula is C22H21FN2O3. The fourth-order valence-corrected chi connectivity index (χ4v) is 3.07. The Balaban J connectivity index is 1.72. The number of hydrogen-bond acceptors (Lipinski definition) is 4. The highest BCUT2D eigenvalue weighted by Crippen LogP contribution is 2.28. The van der Waals surface area contributed by atoms with E-state index in [1.165, 1.54) is 12.5 Å². The standard InChI is InChI=1S/C22H21FN2O3/c1-14-4-3-5-15(2)22(14)19-11-24-12-20(25-19)28-13-16-6-7-17(18(23)10-16)8-9-21(26)27/h3-7,11-13H,8-10H2,1-2H3,(H,26,27). The van der Waals surface area contributed by atoms with Gasteiger partial charge >= 0.3 is 5.97 Å². The number of nitrogens with zero attached hydrogens (tertiary/aromatic N) is 2. The van der Waals surface area contributed by atoms with E-state index in [9.17, 15) is 9.18 Å². The zero-order valence-corrected chi connectivity index (χ0v) is 15.8. The second-order valence-electron chi connectivity index (χ2n) is 6.65. The topological polar surface area (TPSA) is 72.3 Å². The summed E-state index contributed by atoms with van der Waals surface area (Å²) in [4.78, 5) is 19.3. The molecule has 0 radical (unpaired) electrons. The van der Waals surface area contributed by atoms with E-state index >= 15 is 0 Å². The fraction of sp³-hybridized carbons (Fsp3) is 0.227. The number of halogens is 1. The largest absolute Gasteiger partial charge is 0.481 e. The smallest absolute Gasteiger partial charge is 0.303 e. The van der Waals surface area contributed by atoms with Crippen LogP contribution < -0.4 is 4.74 Å². The molecule has 0 spiro atoms. The molecule has 0 saturated carbocycles. The van der Waals surface area contributed by atoms with Crippen molar-refractivity contribution in [3.63, 3.8) is 0 Å². The molecule has 0 fully saturated rings. The number of aromatic nitrogens is 2. The molecule has 1 aliphatic carbocycles. The lowest BCUT2D eigenvalue weighted by Gasteiger charge is -2.12. The Bertz CT molecular complexity index is 973. The van der Waals surface area contributed by atoms with E-state index in [0.717, 1.165) is 16.7 Å². The van der Waals surface area contributed by atoms with E-state index in [-0.39, 0.29) is 25.1 Å². The summed E-state index contributed by atoms with van der Waals surface area (Å²) >= 11 is 0. The number of allylic oxidation sites excluding steroid dienone is 5. The van der Waals surface area contributed by atoms with Gasteiger partial charge in [0.25, 0.3) is 0 Å². The van der Waals surface area contributed by atoms with Gasteiger partial charge in [-0.15, -0.1) is 0 Å². The van der Waals surface area contributed by atoms with E-state index in [2.05, 4.69) is 9.97 Å². The molecule has 1 heterocycles. The Hall–Kier alpha value is -3.28. The average molecular weight is 380 g/mol. The minimum absolute atomic E-state index is 0.0650. The van der Waals surface area contributed by atoms with Gasteiger partial charge in [0.2, 0.25) is 5.88 Å². The fourth-order valence-electron chi connectivity index (χ4n) is 3.07. The monoisotopic (exact) mass is 380 g/mol. The van der Waals surface area contributed by atoms with Crippen molar-refractivity contribution in [2.24, 2.45) is 0 Å². The van der Waals surface area contributed by atoms with Crippen LogP contribution in [0.2, 0.25) is 0 Å². The number of carboxylic acids is 1. The summed E-state index contributed by atoms with van der Waals surface area (Å²) in [5.41, 5.74) is 4.98. The normalized spacial score (nSPS) is 15.2. The lowest BCUT2D eigenvalue weighted by atomic mass is 9.99. The van der Waals surface area contributed by atoms with Gasteiger partial charge in [-0.1, -0.05) is 30.4 Å². The number of carboxylic acid groups (broad SMARTS) is 1. The van der Waals surface area contributed by atoms with E-state index < -0.39 is 5.97 Å². The van der Waals surface area contributed by atoms with Crippen molar-refractivity contribution in [2.45, 2.75) is 33.1 Å². The summed E-state index contributed by atoms with van der Waals surface area (Å²) in [5.74, 6) is -0.961. The van der Waals surface area contributed by atoms with Gasteiger partial charge in [-0.2, -0.15) is 0 Å². The van der Waals surface area contributed by atoms with Gasteiger partial charge in [0.15, 0.2) is 0 Å². The minimum atomic E-state index is -0.944. The predicted molar refractivity (Wildman–Crippen MR) is 104 cm³/mol. The molecule has 0 aliphatic heterocycles. The first kappa shape index (κ1) is 19.5. The minimum Gasteiger partial charge on any atom is -0.481 e. The molecular weight excluding hydrogens is 359 g/mol. The highest BCUT2D eigenvalue weighted by Gasteiger charge is 2.13. The van der Waals surface area contributed by atoms with Crippen molar-refractivity contribution < 1.29 is 19.0 Å². The molecule has 0 atom stereocenters. The SMILES string of the molecule is Cc1cccc(C)c1-c1cncc(OC=C2C=CC(CCC(=O)O)=C(F)C2)n1. The Morgan fingerprint density at radius 3 is 2.68 bits per heavy atom.